The van der Waals surface area contributed by atoms with E-state index in [1.165, 1.54) is 0 Å². The largest absolute Gasteiger partial charge is 0.380 e. The summed E-state index contributed by atoms with van der Waals surface area (Å²) in [5.74, 6) is 0.0949. The number of halogens is 1. The van der Waals surface area contributed by atoms with Gasteiger partial charge in [-0.2, -0.15) is 10.5 Å². The van der Waals surface area contributed by atoms with Gasteiger partial charge >= 0.3 is 0 Å². The van der Waals surface area contributed by atoms with Gasteiger partial charge in [0.1, 0.15) is 0 Å². The molecule has 1 aliphatic rings. The van der Waals surface area contributed by atoms with Gasteiger partial charge in [0.15, 0.2) is 0 Å². The Labute approximate surface area is 109 Å². The summed E-state index contributed by atoms with van der Waals surface area (Å²) in [4.78, 5) is 0. The standard InChI is InChI=1S/C13H12BrN3/c14-11-6-9(7-15)4-5-13(11)17-12-3-1-2-10(12)8-16/h4-6,10,12,17H,1-3H2. The number of nitrogens with one attached hydrogen (secondary N) is 1. The lowest BCUT2D eigenvalue weighted by atomic mass is 10.1. The fourth-order valence-corrected chi connectivity index (χ4v) is 2.68. The summed E-state index contributed by atoms with van der Waals surface area (Å²) in [6.07, 6.45) is 3.11. The van der Waals surface area contributed by atoms with E-state index in [0.717, 1.165) is 29.4 Å². The molecular weight excluding hydrogens is 278 g/mol. The van der Waals surface area contributed by atoms with E-state index in [1.54, 1.807) is 12.1 Å². The minimum Gasteiger partial charge on any atom is -0.380 e. The van der Waals surface area contributed by atoms with E-state index in [1.807, 2.05) is 6.07 Å². The van der Waals surface area contributed by atoms with Crippen molar-refractivity contribution < 1.29 is 0 Å². The lowest BCUT2D eigenvalue weighted by Gasteiger charge is -2.18. The van der Waals surface area contributed by atoms with E-state index in [2.05, 4.69) is 33.4 Å². The molecule has 1 saturated carbocycles. The van der Waals surface area contributed by atoms with E-state index >= 15 is 0 Å². The number of hydrogen-bond donors (Lipinski definition) is 1. The zero-order valence-electron chi connectivity index (χ0n) is 9.28. The Hall–Kier alpha value is -1.52. The monoisotopic (exact) mass is 289 g/mol. The van der Waals surface area contributed by atoms with Crippen molar-refractivity contribution in [3.63, 3.8) is 0 Å². The summed E-state index contributed by atoms with van der Waals surface area (Å²) < 4.78 is 0.875. The van der Waals surface area contributed by atoms with Crippen LogP contribution in [0.15, 0.2) is 22.7 Å². The first-order valence-electron chi connectivity index (χ1n) is 5.60. The third-order valence-corrected chi connectivity index (χ3v) is 3.78. The Morgan fingerprint density at radius 3 is 2.76 bits per heavy atom. The van der Waals surface area contributed by atoms with Crippen LogP contribution >= 0.6 is 15.9 Å². The van der Waals surface area contributed by atoms with E-state index in [0.29, 0.717) is 5.56 Å². The molecule has 0 spiro atoms. The highest BCUT2D eigenvalue weighted by Gasteiger charge is 2.27. The zero-order chi connectivity index (χ0) is 12.3. The first-order valence-corrected chi connectivity index (χ1v) is 6.39. The van der Waals surface area contributed by atoms with Gasteiger partial charge < -0.3 is 5.32 Å². The fourth-order valence-electron chi connectivity index (χ4n) is 2.19. The third kappa shape index (κ3) is 2.60. The molecule has 17 heavy (non-hydrogen) atoms. The van der Waals surface area contributed by atoms with Crippen LogP contribution in [0.1, 0.15) is 24.8 Å². The molecule has 2 atom stereocenters. The molecule has 1 aromatic rings. The molecule has 2 unspecified atom stereocenters. The van der Waals surface area contributed by atoms with E-state index in [9.17, 15) is 0 Å². The number of nitrogens with zero attached hydrogens (tertiary/aromatic N) is 2. The highest BCUT2D eigenvalue weighted by molar-refractivity contribution is 9.10. The van der Waals surface area contributed by atoms with Gasteiger partial charge in [-0.1, -0.05) is 0 Å². The van der Waals surface area contributed by atoms with Crippen molar-refractivity contribution >= 4 is 21.6 Å². The summed E-state index contributed by atoms with van der Waals surface area (Å²) in [6.45, 7) is 0. The summed E-state index contributed by atoms with van der Waals surface area (Å²) in [5.41, 5.74) is 1.59. The second-order valence-corrected chi connectivity index (χ2v) is 5.08. The molecule has 0 aromatic heterocycles. The smallest absolute Gasteiger partial charge is 0.0992 e. The average Bonchev–Trinajstić information content (AvgIpc) is 2.79. The minimum atomic E-state index is 0.0949. The molecule has 3 nitrogen and oxygen atoms in total. The van der Waals surface area contributed by atoms with Gasteiger partial charge in [-0.15, -0.1) is 0 Å². The molecule has 0 radical (unpaired) electrons. The molecule has 1 aromatic carbocycles. The van der Waals surface area contributed by atoms with E-state index in [-0.39, 0.29) is 12.0 Å². The van der Waals surface area contributed by atoms with Crippen LogP contribution in [0.5, 0.6) is 0 Å². The summed E-state index contributed by atoms with van der Waals surface area (Å²) in [6, 6.07) is 10.1. The lowest BCUT2D eigenvalue weighted by molar-refractivity contribution is 0.629. The maximum atomic E-state index is 9.02. The van der Waals surface area contributed by atoms with Crippen LogP contribution < -0.4 is 5.32 Å². The Balaban J connectivity index is 2.14. The second-order valence-electron chi connectivity index (χ2n) is 4.22. The van der Waals surface area contributed by atoms with Crippen molar-refractivity contribution in [1.29, 1.82) is 10.5 Å². The molecule has 0 amide bonds. The van der Waals surface area contributed by atoms with Crippen LogP contribution in [-0.4, -0.2) is 6.04 Å². The van der Waals surface area contributed by atoms with Crippen LogP contribution in [0.3, 0.4) is 0 Å². The molecule has 0 saturated heterocycles. The van der Waals surface area contributed by atoms with Crippen molar-refractivity contribution in [2.24, 2.45) is 5.92 Å². The Morgan fingerprint density at radius 1 is 1.29 bits per heavy atom. The van der Waals surface area contributed by atoms with E-state index < -0.39 is 0 Å². The van der Waals surface area contributed by atoms with Crippen molar-refractivity contribution in [3.8, 4) is 12.1 Å². The maximum absolute atomic E-state index is 9.02. The number of benzene rings is 1. The molecule has 0 bridgehead atoms. The fraction of sp³-hybridized carbons (Fsp3) is 0.385. The van der Waals surface area contributed by atoms with Gasteiger partial charge in [-0.05, 0) is 53.4 Å². The Bertz CT molecular complexity index is 498. The molecule has 1 aliphatic carbocycles. The van der Waals surface area contributed by atoms with E-state index in [4.69, 9.17) is 10.5 Å². The highest BCUT2D eigenvalue weighted by atomic mass is 79.9. The molecule has 1 fully saturated rings. The minimum absolute atomic E-state index is 0.0949. The van der Waals surface area contributed by atoms with Crippen molar-refractivity contribution in [1.82, 2.24) is 0 Å². The number of rotatable bonds is 2. The van der Waals surface area contributed by atoms with Crippen molar-refractivity contribution in [3.05, 3.63) is 28.2 Å². The quantitative estimate of drug-likeness (QED) is 0.907. The molecule has 1 N–H and O–H groups in total. The van der Waals surface area contributed by atoms with Crippen LogP contribution in [0.4, 0.5) is 5.69 Å². The van der Waals surface area contributed by atoms with Gasteiger partial charge in [-0.25, -0.2) is 0 Å². The van der Waals surface area contributed by atoms with Gasteiger partial charge in [0.2, 0.25) is 0 Å². The van der Waals surface area contributed by atoms with Crippen molar-refractivity contribution in [2.45, 2.75) is 25.3 Å². The number of hydrogen-bond acceptors (Lipinski definition) is 3. The maximum Gasteiger partial charge on any atom is 0.0992 e. The van der Waals surface area contributed by atoms with Gasteiger partial charge in [0.05, 0.1) is 23.6 Å². The SMILES string of the molecule is N#Cc1ccc(NC2CCCC2C#N)c(Br)c1. The molecular formula is C13H12BrN3. The predicted molar refractivity (Wildman–Crippen MR) is 69.2 cm³/mol. The normalized spacial score (nSPS) is 22.8. The zero-order valence-corrected chi connectivity index (χ0v) is 10.9. The van der Waals surface area contributed by atoms with Gasteiger partial charge in [0.25, 0.3) is 0 Å². The second kappa shape index (κ2) is 5.21. The summed E-state index contributed by atoms with van der Waals surface area (Å²) >= 11 is 3.44. The van der Waals surface area contributed by atoms with Gasteiger partial charge in [-0.3, -0.25) is 0 Å². The Morgan fingerprint density at radius 2 is 2.12 bits per heavy atom. The predicted octanol–water partition coefficient (Wildman–Crippen LogP) is 3.42. The van der Waals surface area contributed by atoms with Gasteiger partial charge in [0, 0.05) is 16.2 Å². The van der Waals surface area contributed by atoms with Crippen LogP contribution in [0.2, 0.25) is 0 Å². The summed E-state index contributed by atoms with van der Waals surface area (Å²) in [5, 5.41) is 21.2. The summed E-state index contributed by atoms with van der Waals surface area (Å²) in [7, 11) is 0. The molecule has 0 aliphatic heterocycles. The number of anilines is 1. The van der Waals surface area contributed by atoms with Crippen molar-refractivity contribution in [2.75, 3.05) is 5.32 Å². The first-order chi connectivity index (χ1) is 8.24. The first kappa shape index (κ1) is 12.0. The molecule has 86 valence electrons. The third-order valence-electron chi connectivity index (χ3n) is 3.12. The lowest BCUT2D eigenvalue weighted by Crippen LogP contribution is -2.22. The van der Waals surface area contributed by atoms with Crippen LogP contribution in [0.25, 0.3) is 0 Å². The number of nitriles is 2. The highest BCUT2D eigenvalue weighted by Crippen LogP contribution is 2.31. The molecule has 2 rings (SSSR count). The topological polar surface area (TPSA) is 59.6 Å². The van der Waals surface area contributed by atoms with Crippen LogP contribution in [0, 0.1) is 28.6 Å². The molecule has 0 heterocycles. The average molecular weight is 290 g/mol. The van der Waals surface area contributed by atoms with Crippen LogP contribution in [-0.2, 0) is 0 Å². The Kier molecular flexibility index (Phi) is 3.66. The molecule has 4 heteroatoms.